The van der Waals surface area contributed by atoms with E-state index in [4.69, 9.17) is 5.11 Å². The molecule has 21 heavy (non-hydrogen) atoms. The molecule has 0 saturated heterocycles. The summed E-state index contributed by atoms with van der Waals surface area (Å²) in [5.41, 5.74) is -0.711. The maximum atomic E-state index is 12.1. The van der Waals surface area contributed by atoms with E-state index in [2.05, 4.69) is 23.6 Å². The van der Waals surface area contributed by atoms with Crippen molar-refractivity contribution in [1.29, 1.82) is 0 Å². The van der Waals surface area contributed by atoms with Crippen LogP contribution in [0.2, 0.25) is 0 Å². The molecule has 0 aliphatic heterocycles. The molecule has 1 aromatic heterocycles. The monoisotopic (exact) mass is 291 g/mol. The minimum atomic E-state index is -1.18. The van der Waals surface area contributed by atoms with Gasteiger partial charge in [0.25, 0.3) is 0 Å². The number of carbonyl (C=O) groups excluding carboxylic acids is 1. The first-order valence-electron chi connectivity index (χ1n) is 6.64. The Morgan fingerprint density at radius 3 is 2.48 bits per heavy atom. The van der Waals surface area contributed by atoms with Gasteiger partial charge in [0, 0.05) is 12.1 Å². The fourth-order valence-corrected chi connectivity index (χ4v) is 1.75. The number of carbonyl (C=O) groups is 2. The highest BCUT2D eigenvalue weighted by Gasteiger charge is 2.30. The SMILES string of the molecule is C=CCC(CC=C)C(=O)Nc1cnn(C(C)(C)C(=O)O)c1. The molecule has 0 spiro atoms. The third kappa shape index (κ3) is 4.05. The molecule has 6 nitrogen and oxygen atoms in total. The van der Waals surface area contributed by atoms with Crippen molar-refractivity contribution in [1.82, 2.24) is 9.78 Å². The van der Waals surface area contributed by atoms with Gasteiger partial charge in [-0.2, -0.15) is 5.10 Å². The van der Waals surface area contributed by atoms with Gasteiger partial charge in [-0.25, -0.2) is 4.79 Å². The summed E-state index contributed by atoms with van der Waals surface area (Å²) in [6, 6.07) is 0. The molecule has 1 aromatic rings. The molecule has 0 aromatic carbocycles. The summed E-state index contributed by atoms with van der Waals surface area (Å²) in [5, 5.41) is 15.9. The van der Waals surface area contributed by atoms with Gasteiger partial charge >= 0.3 is 5.97 Å². The number of carboxylic acid groups (broad SMARTS) is 1. The topological polar surface area (TPSA) is 84.2 Å². The van der Waals surface area contributed by atoms with E-state index in [1.54, 1.807) is 12.2 Å². The molecule has 0 atom stereocenters. The van der Waals surface area contributed by atoms with Gasteiger partial charge in [0.2, 0.25) is 5.91 Å². The van der Waals surface area contributed by atoms with Gasteiger partial charge in [-0.1, -0.05) is 12.2 Å². The molecule has 1 rings (SSSR count). The zero-order chi connectivity index (χ0) is 16.0. The van der Waals surface area contributed by atoms with Crippen molar-refractivity contribution in [3.8, 4) is 0 Å². The van der Waals surface area contributed by atoms with Crippen molar-refractivity contribution in [2.45, 2.75) is 32.2 Å². The highest BCUT2D eigenvalue weighted by Crippen LogP contribution is 2.19. The molecule has 0 saturated carbocycles. The number of nitrogens with zero attached hydrogens (tertiary/aromatic N) is 2. The Bertz CT molecular complexity index is 536. The predicted molar refractivity (Wildman–Crippen MR) is 80.9 cm³/mol. The lowest BCUT2D eigenvalue weighted by atomic mass is 10.0. The van der Waals surface area contributed by atoms with Crippen LogP contribution in [0.4, 0.5) is 5.69 Å². The van der Waals surface area contributed by atoms with Gasteiger partial charge in [-0.05, 0) is 26.7 Å². The van der Waals surface area contributed by atoms with Crippen LogP contribution < -0.4 is 5.32 Å². The van der Waals surface area contributed by atoms with Crippen LogP contribution in [0.3, 0.4) is 0 Å². The van der Waals surface area contributed by atoms with Crippen LogP contribution >= 0.6 is 0 Å². The van der Waals surface area contributed by atoms with Crippen LogP contribution in [-0.4, -0.2) is 26.8 Å². The van der Waals surface area contributed by atoms with Crippen molar-refractivity contribution in [3.05, 3.63) is 37.7 Å². The molecule has 0 fully saturated rings. The second kappa shape index (κ2) is 6.88. The quantitative estimate of drug-likeness (QED) is 0.720. The minimum Gasteiger partial charge on any atom is -0.479 e. The van der Waals surface area contributed by atoms with E-state index in [1.165, 1.54) is 30.9 Å². The van der Waals surface area contributed by atoms with E-state index in [0.717, 1.165) is 0 Å². The number of allylic oxidation sites excluding steroid dienone is 2. The number of amides is 1. The van der Waals surface area contributed by atoms with Gasteiger partial charge in [0.15, 0.2) is 5.54 Å². The Labute approximate surface area is 124 Å². The Balaban J connectivity index is 2.82. The van der Waals surface area contributed by atoms with Crippen LogP contribution in [0.25, 0.3) is 0 Å². The van der Waals surface area contributed by atoms with Gasteiger partial charge in [-0.15, -0.1) is 13.2 Å². The molecule has 2 N–H and O–H groups in total. The van der Waals surface area contributed by atoms with Crippen molar-refractivity contribution in [2.24, 2.45) is 5.92 Å². The fraction of sp³-hybridized carbons (Fsp3) is 0.400. The third-order valence-electron chi connectivity index (χ3n) is 3.22. The molecule has 114 valence electrons. The molecule has 0 unspecified atom stereocenters. The Morgan fingerprint density at radius 1 is 1.43 bits per heavy atom. The van der Waals surface area contributed by atoms with Crippen LogP contribution in [0, 0.1) is 5.92 Å². The highest BCUT2D eigenvalue weighted by atomic mass is 16.4. The van der Waals surface area contributed by atoms with Gasteiger partial charge in [0.05, 0.1) is 11.9 Å². The van der Waals surface area contributed by atoms with Crippen molar-refractivity contribution in [3.63, 3.8) is 0 Å². The lowest BCUT2D eigenvalue weighted by Gasteiger charge is -2.19. The summed E-state index contributed by atoms with van der Waals surface area (Å²) in [6.07, 6.45) is 7.40. The molecule has 0 aliphatic rings. The summed E-state index contributed by atoms with van der Waals surface area (Å²) >= 11 is 0. The normalized spacial score (nSPS) is 11.2. The molecule has 0 aliphatic carbocycles. The van der Waals surface area contributed by atoms with E-state index in [-0.39, 0.29) is 11.8 Å². The van der Waals surface area contributed by atoms with Gasteiger partial charge in [0.1, 0.15) is 0 Å². The lowest BCUT2D eigenvalue weighted by molar-refractivity contribution is -0.146. The van der Waals surface area contributed by atoms with Crippen LogP contribution in [-0.2, 0) is 15.1 Å². The average molecular weight is 291 g/mol. The summed E-state index contributed by atoms with van der Waals surface area (Å²) in [6.45, 7) is 10.3. The van der Waals surface area contributed by atoms with Crippen LogP contribution in [0.5, 0.6) is 0 Å². The first-order valence-corrected chi connectivity index (χ1v) is 6.64. The van der Waals surface area contributed by atoms with Gasteiger partial charge < -0.3 is 10.4 Å². The van der Waals surface area contributed by atoms with Crippen LogP contribution in [0.15, 0.2) is 37.7 Å². The van der Waals surface area contributed by atoms with E-state index < -0.39 is 11.5 Å². The predicted octanol–water partition coefficient (Wildman–Crippen LogP) is 2.41. The number of aliphatic carboxylic acids is 1. The first-order chi connectivity index (χ1) is 9.82. The Kier molecular flexibility index (Phi) is 5.46. The molecule has 6 heteroatoms. The minimum absolute atomic E-state index is 0.164. The average Bonchev–Trinajstić information content (AvgIpc) is 2.87. The lowest BCUT2D eigenvalue weighted by Crippen LogP contribution is -2.35. The number of aromatic nitrogens is 2. The summed E-state index contributed by atoms with van der Waals surface area (Å²) in [5.74, 6) is -1.40. The molecular weight excluding hydrogens is 270 g/mol. The van der Waals surface area contributed by atoms with E-state index in [1.807, 2.05) is 0 Å². The maximum Gasteiger partial charge on any atom is 0.331 e. The van der Waals surface area contributed by atoms with E-state index in [9.17, 15) is 9.59 Å². The smallest absolute Gasteiger partial charge is 0.331 e. The van der Waals surface area contributed by atoms with Crippen LogP contribution in [0.1, 0.15) is 26.7 Å². The summed E-state index contributed by atoms with van der Waals surface area (Å²) < 4.78 is 1.31. The Hall–Kier alpha value is -2.37. The standard InChI is InChI=1S/C15H21N3O3/c1-5-7-11(8-6-2)13(19)17-12-9-16-18(10-12)15(3,4)14(20)21/h5-6,9-11H,1-2,7-8H2,3-4H3,(H,17,19)(H,20,21). The molecular formula is C15H21N3O3. The Morgan fingerprint density at radius 2 is 2.00 bits per heavy atom. The van der Waals surface area contributed by atoms with E-state index in [0.29, 0.717) is 18.5 Å². The largest absolute Gasteiger partial charge is 0.479 e. The summed E-state index contributed by atoms with van der Waals surface area (Å²) in [4.78, 5) is 23.3. The number of hydrogen-bond acceptors (Lipinski definition) is 3. The van der Waals surface area contributed by atoms with Gasteiger partial charge in [-0.3, -0.25) is 9.48 Å². The third-order valence-corrected chi connectivity index (χ3v) is 3.22. The van der Waals surface area contributed by atoms with Crippen molar-refractivity contribution < 1.29 is 14.7 Å². The fourth-order valence-electron chi connectivity index (χ4n) is 1.75. The second-order valence-electron chi connectivity index (χ2n) is 5.27. The molecule has 0 radical (unpaired) electrons. The molecule has 0 bridgehead atoms. The zero-order valence-electron chi connectivity index (χ0n) is 12.4. The maximum absolute atomic E-state index is 12.1. The highest BCUT2D eigenvalue weighted by molar-refractivity contribution is 5.92. The molecule has 1 heterocycles. The number of hydrogen-bond donors (Lipinski definition) is 2. The number of nitrogens with one attached hydrogen (secondary N) is 1. The first kappa shape index (κ1) is 16.7. The number of anilines is 1. The second-order valence-corrected chi connectivity index (χ2v) is 5.27. The van der Waals surface area contributed by atoms with Crippen molar-refractivity contribution in [2.75, 3.05) is 5.32 Å². The number of rotatable bonds is 8. The molecule has 1 amide bonds. The zero-order valence-corrected chi connectivity index (χ0v) is 12.4. The number of carboxylic acids is 1. The summed E-state index contributed by atoms with van der Waals surface area (Å²) in [7, 11) is 0. The van der Waals surface area contributed by atoms with Crippen molar-refractivity contribution >= 4 is 17.6 Å². The van der Waals surface area contributed by atoms with E-state index >= 15 is 0 Å².